The van der Waals surface area contributed by atoms with E-state index < -0.39 is 0 Å². The number of nitrogens with zero attached hydrogens (tertiary/aromatic N) is 1. The van der Waals surface area contributed by atoms with Crippen LogP contribution in [-0.2, 0) is 5.54 Å². The van der Waals surface area contributed by atoms with Gasteiger partial charge in [-0.1, -0.05) is 31.0 Å². The predicted molar refractivity (Wildman–Crippen MR) is 82.3 cm³/mol. The van der Waals surface area contributed by atoms with Crippen molar-refractivity contribution in [3.63, 3.8) is 0 Å². The molecule has 104 valence electrons. The smallest absolute Gasteiger partial charge is 0.0705 e. The van der Waals surface area contributed by atoms with Crippen molar-refractivity contribution in [3.8, 4) is 0 Å². The van der Waals surface area contributed by atoms with Crippen LogP contribution in [0.1, 0.15) is 44.1 Å². The van der Waals surface area contributed by atoms with Gasteiger partial charge in [0.2, 0.25) is 0 Å². The first kappa shape index (κ1) is 12.3. The maximum atomic E-state index is 6.80. The number of hydrogen-bond donors (Lipinski definition) is 1. The molecule has 0 amide bonds. The molecule has 1 heterocycles. The van der Waals surface area contributed by atoms with E-state index in [2.05, 4.69) is 29.2 Å². The van der Waals surface area contributed by atoms with E-state index in [4.69, 9.17) is 5.73 Å². The maximum absolute atomic E-state index is 6.80. The second-order valence-corrected chi connectivity index (χ2v) is 6.76. The summed E-state index contributed by atoms with van der Waals surface area (Å²) >= 11 is 0. The number of pyridine rings is 1. The largest absolute Gasteiger partial charge is 0.321 e. The Balaban J connectivity index is 1.69. The van der Waals surface area contributed by atoms with Crippen molar-refractivity contribution in [1.82, 2.24) is 4.98 Å². The fourth-order valence-electron chi connectivity index (χ4n) is 3.96. The van der Waals surface area contributed by atoms with Gasteiger partial charge in [-0.05, 0) is 55.2 Å². The molecule has 0 aliphatic heterocycles. The summed E-state index contributed by atoms with van der Waals surface area (Å²) in [5.74, 6) is 1.82. The highest BCUT2D eigenvalue weighted by Gasteiger charge is 2.40. The number of benzene rings is 1. The molecule has 2 unspecified atom stereocenters. The highest BCUT2D eigenvalue weighted by atomic mass is 14.8. The van der Waals surface area contributed by atoms with Crippen LogP contribution in [-0.4, -0.2) is 4.98 Å². The van der Waals surface area contributed by atoms with Crippen LogP contribution in [0.15, 0.2) is 36.5 Å². The zero-order valence-electron chi connectivity index (χ0n) is 11.9. The minimum Gasteiger partial charge on any atom is -0.321 e. The van der Waals surface area contributed by atoms with E-state index in [0.717, 1.165) is 30.2 Å². The Bertz CT molecular complexity index is 632. The first-order valence-electron chi connectivity index (χ1n) is 7.89. The van der Waals surface area contributed by atoms with E-state index in [1.54, 1.807) is 0 Å². The van der Waals surface area contributed by atoms with Crippen molar-refractivity contribution in [1.29, 1.82) is 0 Å². The molecular formula is C18H22N2. The number of fused-ring (bicyclic) bond motifs is 1. The fourth-order valence-corrected chi connectivity index (χ4v) is 3.96. The highest BCUT2D eigenvalue weighted by molar-refractivity contribution is 5.79. The average molecular weight is 266 g/mol. The molecule has 0 bridgehead atoms. The van der Waals surface area contributed by atoms with Crippen LogP contribution in [0.25, 0.3) is 10.9 Å². The summed E-state index contributed by atoms with van der Waals surface area (Å²) in [6.07, 6.45) is 9.67. The lowest BCUT2D eigenvalue weighted by atomic mass is 9.71. The number of rotatable bonds is 2. The van der Waals surface area contributed by atoms with Crippen LogP contribution >= 0.6 is 0 Å². The molecule has 20 heavy (non-hydrogen) atoms. The first-order chi connectivity index (χ1) is 9.74. The van der Waals surface area contributed by atoms with Gasteiger partial charge in [-0.2, -0.15) is 0 Å². The van der Waals surface area contributed by atoms with Gasteiger partial charge in [-0.15, -0.1) is 0 Å². The lowest BCUT2D eigenvalue weighted by Gasteiger charge is -2.39. The Kier molecular flexibility index (Phi) is 2.81. The Morgan fingerprint density at radius 2 is 2.00 bits per heavy atom. The molecule has 0 spiro atoms. The Morgan fingerprint density at radius 3 is 2.85 bits per heavy atom. The molecule has 1 aromatic heterocycles. The summed E-state index contributed by atoms with van der Waals surface area (Å²) < 4.78 is 0. The maximum Gasteiger partial charge on any atom is 0.0705 e. The quantitative estimate of drug-likeness (QED) is 0.892. The molecule has 2 atom stereocenters. The van der Waals surface area contributed by atoms with Crippen LogP contribution < -0.4 is 5.73 Å². The molecule has 1 aromatic carbocycles. The molecule has 0 saturated heterocycles. The van der Waals surface area contributed by atoms with Gasteiger partial charge in [0.15, 0.2) is 0 Å². The molecule has 2 aliphatic carbocycles. The Hall–Kier alpha value is -1.41. The summed E-state index contributed by atoms with van der Waals surface area (Å²) in [5, 5.41) is 1.20. The summed E-state index contributed by atoms with van der Waals surface area (Å²) in [7, 11) is 0. The molecule has 2 N–H and O–H groups in total. The van der Waals surface area contributed by atoms with Gasteiger partial charge in [0.25, 0.3) is 0 Å². The van der Waals surface area contributed by atoms with Gasteiger partial charge in [0.05, 0.1) is 5.52 Å². The molecule has 4 rings (SSSR count). The van der Waals surface area contributed by atoms with Gasteiger partial charge in [0, 0.05) is 17.1 Å². The van der Waals surface area contributed by atoms with Gasteiger partial charge in [-0.3, -0.25) is 4.98 Å². The standard InChI is InChI=1S/C18H22N2/c19-18(9-1-3-15(12-18)13-5-6-13)16-8-7-14-4-2-10-20-17(14)11-16/h2,4,7-8,10-11,13,15H,1,3,5-6,9,12,19H2. The van der Waals surface area contributed by atoms with E-state index in [0.29, 0.717) is 0 Å². The number of hydrogen-bond acceptors (Lipinski definition) is 2. The zero-order valence-corrected chi connectivity index (χ0v) is 11.9. The van der Waals surface area contributed by atoms with E-state index >= 15 is 0 Å². The topological polar surface area (TPSA) is 38.9 Å². The van der Waals surface area contributed by atoms with Crippen molar-refractivity contribution in [3.05, 3.63) is 42.1 Å². The molecule has 2 aliphatic rings. The van der Waals surface area contributed by atoms with Crippen molar-refractivity contribution >= 4 is 10.9 Å². The van der Waals surface area contributed by atoms with Crippen LogP contribution in [0, 0.1) is 11.8 Å². The second kappa shape index (κ2) is 4.56. The summed E-state index contributed by atoms with van der Waals surface area (Å²) in [4.78, 5) is 4.48. The van der Waals surface area contributed by atoms with E-state index in [1.165, 1.54) is 36.6 Å². The minimum absolute atomic E-state index is 0.128. The lowest BCUT2D eigenvalue weighted by molar-refractivity contribution is 0.207. The van der Waals surface area contributed by atoms with E-state index in [9.17, 15) is 0 Å². The normalized spacial score (nSPS) is 30.6. The monoisotopic (exact) mass is 266 g/mol. The third-order valence-electron chi connectivity index (χ3n) is 5.29. The van der Waals surface area contributed by atoms with Crippen molar-refractivity contribution in [2.45, 2.75) is 44.1 Å². The molecule has 2 saturated carbocycles. The van der Waals surface area contributed by atoms with Gasteiger partial charge in [-0.25, -0.2) is 0 Å². The van der Waals surface area contributed by atoms with E-state index in [1.807, 2.05) is 12.3 Å². The third-order valence-corrected chi connectivity index (χ3v) is 5.29. The number of nitrogens with two attached hydrogens (primary N) is 1. The molecule has 2 nitrogen and oxygen atoms in total. The summed E-state index contributed by atoms with van der Waals surface area (Å²) in [6.45, 7) is 0. The third kappa shape index (κ3) is 2.12. The molecule has 2 heteroatoms. The first-order valence-corrected chi connectivity index (χ1v) is 7.89. The van der Waals surface area contributed by atoms with Crippen molar-refractivity contribution in [2.75, 3.05) is 0 Å². The molecule has 0 radical (unpaired) electrons. The fraction of sp³-hybridized carbons (Fsp3) is 0.500. The molecular weight excluding hydrogens is 244 g/mol. The van der Waals surface area contributed by atoms with Gasteiger partial charge in [0.1, 0.15) is 0 Å². The molecule has 2 aromatic rings. The Morgan fingerprint density at radius 1 is 1.10 bits per heavy atom. The van der Waals surface area contributed by atoms with Crippen molar-refractivity contribution < 1.29 is 0 Å². The minimum atomic E-state index is -0.128. The van der Waals surface area contributed by atoms with Crippen molar-refractivity contribution in [2.24, 2.45) is 17.6 Å². The van der Waals surface area contributed by atoms with Gasteiger partial charge < -0.3 is 5.73 Å². The average Bonchev–Trinajstić information content (AvgIpc) is 3.31. The summed E-state index contributed by atoms with van der Waals surface area (Å²) in [5.41, 5.74) is 9.03. The predicted octanol–water partition coefficient (Wildman–Crippen LogP) is 3.99. The van der Waals surface area contributed by atoms with E-state index in [-0.39, 0.29) is 5.54 Å². The van der Waals surface area contributed by atoms with Crippen LogP contribution in [0.2, 0.25) is 0 Å². The Labute approximate surface area is 120 Å². The van der Waals surface area contributed by atoms with Crippen LogP contribution in [0.4, 0.5) is 0 Å². The van der Waals surface area contributed by atoms with Gasteiger partial charge >= 0.3 is 0 Å². The molecule has 2 fully saturated rings. The van der Waals surface area contributed by atoms with Crippen LogP contribution in [0.3, 0.4) is 0 Å². The van der Waals surface area contributed by atoms with Crippen LogP contribution in [0.5, 0.6) is 0 Å². The SMILES string of the molecule is NC1(c2ccc3cccnc3c2)CCCC(C2CC2)C1. The zero-order chi connectivity index (χ0) is 13.6. The summed E-state index contributed by atoms with van der Waals surface area (Å²) in [6, 6.07) is 10.7. The highest BCUT2D eigenvalue weighted by Crippen LogP contribution is 2.48. The lowest BCUT2D eigenvalue weighted by Crippen LogP contribution is -2.41. The second-order valence-electron chi connectivity index (χ2n) is 6.76. The number of aromatic nitrogens is 1.